The van der Waals surface area contributed by atoms with Gasteiger partial charge in [0.2, 0.25) is 11.8 Å². The number of anilines is 1. The summed E-state index contributed by atoms with van der Waals surface area (Å²) < 4.78 is 0. The summed E-state index contributed by atoms with van der Waals surface area (Å²) in [6.45, 7) is 4.20. The molecule has 142 valence electrons. The number of nitrogens with one attached hydrogen (secondary N) is 1. The number of rotatable bonds is 5. The van der Waals surface area contributed by atoms with Gasteiger partial charge >= 0.3 is 0 Å². The van der Waals surface area contributed by atoms with E-state index in [1.165, 1.54) is 0 Å². The van der Waals surface area contributed by atoms with Crippen LogP contribution in [0.15, 0.2) is 48.5 Å². The Morgan fingerprint density at radius 1 is 1.04 bits per heavy atom. The first-order valence-electron chi connectivity index (χ1n) is 9.79. The largest absolute Gasteiger partial charge is 0.338 e. The maximum atomic E-state index is 13.3. The zero-order valence-corrected chi connectivity index (χ0v) is 16.4. The van der Waals surface area contributed by atoms with Gasteiger partial charge in [0, 0.05) is 19.2 Å². The normalized spacial score (nSPS) is 19.8. The molecule has 1 heterocycles. The first-order chi connectivity index (χ1) is 13.1. The second kappa shape index (κ2) is 8.38. The quantitative estimate of drug-likeness (QED) is 0.857. The summed E-state index contributed by atoms with van der Waals surface area (Å²) >= 11 is 0. The molecular weight excluding hydrogens is 336 g/mol. The Kier molecular flexibility index (Phi) is 5.94. The molecule has 0 aromatic heterocycles. The minimum atomic E-state index is -0.260. The van der Waals surface area contributed by atoms with E-state index in [-0.39, 0.29) is 23.8 Å². The standard InChI is InChI=1S/C23H28N2O2/c1-4-16-12-9-13-17(5-2)21(16)24-23(27)19-14-15-20(26)25(3)22(19)18-10-7-6-8-11-18/h6-13,19,22H,4-5,14-15H2,1-3H3,(H,24,27)/t19-,22+/m0/s1. The lowest BCUT2D eigenvalue weighted by Crippen LogP contribution is -2.44. The molecule has 1 aliphatic heterocycles. The number of para-hydroxylation sites is 1. The van der Waals surface area contributed by atoms with Gasteiger partial charge in [0.1, 0.15) is 0 Å². The fourth-order valence-electron chi connectivity index (χ4n) is 4.04. The highest BCUT2D eigenvalue weighted by Crippen LogP contribution is 2.37. The topological polar surface area (TPSA) is 49.4 Å². The van der Waals surface area contributed by atoms with Crippen LogP contribution in [0, 0.1) is 5.92 Å². The molecule has 0 bridgehead atoms. The lowest BCUT2D eigenvalue weighted by atomic mass is 9.83. The molecule has 0 unspecified atom stereocenters. The van der Waals surface area contributed by atoms with E-state index in [4.69, 9.17) is 0 Å². The highest BCUT2D eigenvalue weighted by atomic mass is 16.2. The molecule has 2 amide bonds. The van der Waals surface area contributed by atoms with Crippen molar-refractivity contribution in [3.63, 3.8) is 0 Å². The highest BCUT2D eigenvalue weighted by Gasteiger charge is 2.39. The van der Waals surface area contributed by atoms with Crippen molar-refractivity contribution in [2.75, 3.05) is 12.4 Å². The van der Waals surface area contributed by atoms with Crippen LogP contribution in [-0.4, -0.2) is 23.8 Å². The summed E-state index contributed by atoms with van der Waals surface area (Å²) in [6.07, 6.45) is 2.72. The van der Waals surface area contributed by atoms with E-state index in [9.17, 15) is 9.59 Å². The van der Waals surface area contributed by atoms with Crippen molar-refractivity contribution in [1.82, 2.24) is 4.90 Å². The molecule has 4 nitrogen and oxygen atoms in total. The number of hydrogen-bond donors (Lipinski definition) is 1. The number of piperidine rings is 1. The maximum Gasteiger partial charge on any atom is 0.229 e. The number of carbonyl (C=O) groups is 2. The van der Waals surface area contributed by atoms with Gasteiger partial charge in [-0.3, -0.25) is 9.59 Å². The molecule has 0 aliphatic carbocycles. The first kappa shape index (κ1) is 19.2. The number of benzene rings is 2. The smallest absolute Gasteiger partial charge is 0.229 e. The fourth-order valence-corrected chi connectivity index (χ4v) is 4.04. The van der Waals surface area contributed by atoms with Crippen LogP contribution in [-0.2, 0) is 22.4 Å². The second-order valence-electron chi connectivity index (χ2n) is 7.15. The Hall–Kier alpha value is -2.62. The third-order valence-electron chi connectivity index (χ3n) is 5.59. The van der Waals surface area contributed by atoms with Gasteiger partial charge in [0.25, 0.3) is 0 Å². The van der Waals surface area contributed by atoms with E-state index >= 15 is 0 Å². The third kappa shape index (κ3) is 3.90. The molecule has 2 atom stereocenters. The van der Waals surface area contributed by atoms with Gasteiger partial charge in [0.05, 0.1) is 12.0 Å². The minimum absolute atomic E-state index is 0.00111. The van der Waals surface area contributed by atoms with Crippen molar-refractivity contribution in [3.05, 3.63) is 65.2 Å². The predicted octanol–water partition coefficient (Wildman–Crippen LogP) is 4.36. The maximum absolute atomic E-state index is 13.3. The van der Waals surface area contributed by atoms with Crippen LogP contribution < -0.4 is 5.32 Å². The number of nitrogens with zero attached hydrogens (tertiary/aromatic N) is 1. The summed E-state index contributed by atoms with van der Waals surface area (Å²) in [6, 6.07) is 15.8. The van der Waals surface area contributed by atoms with Crippen molar-refractivity contribution in [1.29, 1.82) is 0 Å². The predicted molar refractivity (Wildman–Crippen MR) is 109 cm³/mol. The van der Waals surface area contributed by atoms with Gasteiger partial charge in [-0.2, -0.15) is 0 Å². The van der Waals surface area contributed by atoms with Crippen LogP contribution >= 0.6 is 0 Å². The van der Waals surface area contributed by atoms with E-state index in [1.54, 1.807) is 11.9 Å². The Morgan fingerprint density at radius 2 is 1.67 bits per heavy atom. The van der Waals surface area contributed by atoms with Crippen molar-refractivity contribution < 1.29 is 9.59 Å². The van der Waals surface area contributed by atoms with Gasteiger partial charge in [-0.1, -0.05) is 62.4 Å². The number of amides is 2. The Bertz CT molecular complexity index is 794. The van der Waals surface area contributed by atoms with Gasteiger partial charge < -0.3 is 10.2 Å². The highest BCUT2D eigenvalue weighted by molar-refractivity contribution is 5.96. The van der Waals surface area contributed by atoms with Gasteiger partial charge in [-0.15, -0.1) is 0 Å². The molecular formula is C23H28N2O2. The van der Waals surface area contributed by atoms with Crippen molar-refractivity contribution in [3.8, 4) is 0 Å². The molecule has 1 saturated heterocycles. The molecule has 1 fully saturated rings. The number of aryl methyl sites for hydroxylation is 2. The van der Waals surface area contributed by atoms with E-state index in [0.29, 0.717) is 12.8 Å². The number of carbonyl (C=O) groups excluding carboxylic acids is 2. The zero-order chi connectivity index (χ0) is 19.4. The van der Waals surface area contributed by atoms with Gasteiger partial charge in [-0.05, 0) is 36.0 Å². The van der Waals surface area contributed by atoms with E-state index in [2.05, 4.69) is 31.3 Å². The Labute approximate surface area is 161 Å². The molecule has 3 rings (SSSR count). The van der Waals surface area contributed by atoms with Crippen LogP contribution in [0.3, 0.4) is 0 Å². The monoisotopic (exact) mass is 364 g/mol. The fraction of sp³-hybridized carbons (Fsp3) is 0.391. The number of likely N-dealkylation sites (tertiary alicyclic amines) is 1. The third-order valence-corrected chi connectivity index (χ3v) is 5.59. The molecule has 2 aromatic rings. The minimum Gasteiger partial charge on any atom is -0.338 e. The summed E-state index contributed by atoms with van der Waals surface area (Å²) in [5, 5.41) is 3.21. The molecule has 1 N–H and O–H groups in total. The number of hydrogen-bond acceptors (Lipinski definition) is 2. The van der Waals surface area contributed by atoms with E-state index < -0.39 is 0 Å². The van der Waals surface area contributed by atoms with Crippen molar-refractivity contribution >= 4 is 17.5 Å². The van der Waals surface area contributed by atoms with Crippen LogP contribution in [0.5, 0.6) is 0 Å². The van der Waals surface area contributed by atoms with Crippen LogP contribution in [0.25, 0.3) is 0 Å². The Morgan fingerprint density at radius 3 is 2.26 bits per heavy atom. The second-order valence-corrected chi connectivity index (χ2v) is 7.15. The molecule has 1 aliphatic rings. The molecule has 0 radical (unpaired) electrons. The molecule has 2 aromatic carbocycles. The summed E-state index contributed by atoms with van der Waals surface area (Å²) in [4.78, 5) is 27.3. The molecule has 0 spiro atoms. The van der Waals surface area contributed by atoms with Crippen molar-refractivity contribution in [2.45, 2.75) is 45.6 Å². The first-order valence-corrected chi connectivity index (χ1v) is 9.79. The van der Waals surface area contributed by atoms with Gasteiger partial charge in [0.15, 0.2) is 0 Å². The SMILES string of the molecule is CCc1cccc(CC)c1NC(=O)[C@H]1CCC(=O)N(C)[C@@H]1c1ccccc1. The van der Waals surface area contributed by atoms with Crippen LogP contribution in [0.1, 0.15) is 49.4 Å². The van der Waals surface area contributed by atoms with Gasteiger partial charge in [-0.25, -0.2) is 0 Å². The molecule has 4 heteroatoms. The summed E-state index contributed by atoms with van der Waals surface area (Å²) in [5.41, 5.74) is 4.25. The molecule has 27 heavy (non-hydrogen) atoms. The lowest BCUT2D eigenvalue weighted by molar-refractivity contribution is -0.140. The average molecular weight is 364 g/mol. The van der Waals surface area contributed by atoms with E-state index in [1.807, 2.05) is 36.4 Å². The van der Waals surface area contributed by atoms with Crippen LogP contribution in [0.4, 0.5) is 5.69 Å². The lowest BCUT2D eigenvalue weighted by Gasteiger charge is -2.38. The van der Waals surface area contributed by atoms with E-state index in [0.717, 1.165) is 35.2 Å². The summed E-state index contributed by atoms with van der Waals surface area (Å²) in [7, 11) is 1.80. The van der Waals surface area contributed by atoms with Crippen molar-refractivity contribution in [2.24, 2.45) is 5.92 Å². The summed E-state index contributed by atoms with van der Waals surface area (Å²) in [5.74, 6) is -0.167. The Balaban J connectivity index is 1.92. The zero-order valence-electron chi connectivity index (χ0n) is 16.4. The van der Waals surface area contributed by atoms with Crippen LogP contribution in [0.2, 0.25) is 0 Å². The molecule has 0 saturated carbocycles. The average Bonchev–Trinajstić information content (AvgIpc) is 2.70.